The number of imidazole rings is 1. The first-order valence-corrected chi connectivity index (χ1v) is 12.9. The van der Waals surface area contributed by atoms with E-state index in [0.29, 0.717) is 0 Å². The number of nitrogens with zero attached hydrogens (tertiary/aromatic N) is 6. The van der Waals surface area contributed by atoms with E-state index in [0.717, 1.165) is 21.8 Å². The van der Waals surface area contributed by atoms with Gasteiger partial charge >= 0.3 is 13.5 Å². The van der Waals surface area contributed by atoms with Gasteiger partial charge in [-0.25, -0.2) is 19.3 Å². The minimum atomic E-state index is -5.05. The van der Waals surface area contributed by atoms with Gasteiger partial charge in [-0.1, -0.05) is 0 Å². The van der Waals surface area contributed by atoms with Crippen LogP contribution < -0.4 is 22.7 Å². The maximum atomic E-state index is 12.7. The molecule has 40 heavy (non-hydrogen) atoms. The number of nitrogens with two attached hydrogens (primary N) is 2. The summed E-state index contributed by atoms with van der Waals surface area (Å²) in [4.78, 5) is 51.5. The molecule has 0 amide bonds. The number of aliphatic hydroxyl groups is 4. The second-order valence-electron chi connectivity index (χ2n) is 8.80. The molecule has 21 nitrogen and oxygen atoms in total. The number of nitrogens with one attached hydrogen (secondary N) is 1. The standard InChI is InChI=1S/C18H24N9O12P/c19-16-22-4-27(18(33)25-16)14-9(30)8(29)6(38-14)2-36-40(34,35)39-11-5(1-28)37-15(10(11)31)26-3-21-7-12(26)23-17(20)24-13(7)32/h3-6,8-11,14-15,28-31H,1-2H2,(H,34,35)(H2,19,25,33)(H3,20,23,24,32). The van der Waals surface area contributed by atoms with Crippen LogP contribution in [0.15, 0.2) is 22.2 Å². The number of aliphatic hydroxyl groups excluding tert-OH is 4. The van der Waals surface area contributed by atoms with Gasteiger partial charge in [-0.05, 0) is 0 Å². The summed E-state index contributed by atoms with van der Waals surface area (Å²) >= 11 is 0. The van der Waals surface area contributed by atoms with E-state index in [2.05, 4.69) is 24.9 Å². The van der Waals surface area contributed by atoms with E-state index >= 15 is 0 Å². The summed E-state index contributed by atoms with van der Waals surface area (Å²) in [6, 6.07) is 0. The van der Waals surface area contributed by atoms with Gasteiger partial charge in [0.05, 0.1) is 19.5 Å². The number of hydrogen-bond donors (Lipinski definition) is 8. The summed E-state index contributed by atoms with van der Waals surface area (Å²) in [5.41, 5.74) is 9.11. The lowest BCUT2D eigenvalue weighted by molar-refractivity contribution is -0.0613. The fraction of sp³-hybridized carbons (Fsp3) is 0.556. The number of aromatic amines is 1. The van der Waals surface area contributed by atoms with Crippen LogP contribution in [0.4, 0.5) is 11.9 Å². The molecule has 0 spiro atoms. The van der Waals surface area contributed by atoms with Crippen LogP contribution in [0.3, 0.4) is 0 Å². The summed E-state index contributed by atoms with van der Waals surface area (Å²) in [6.45, 7) is -1.58. The molecular weight excluding hydrogens is 565 g/mol. The van der Waals surface area contributed by atoms with Crippen molar-refractivity contribution in [3.05, 3.63) is 33.5 Å². The Morgan fingerprint density at radius 3 is 2.38 bits per heavy atom. The molecule has 22 heteroatoms. The van der Waals surface area contributed by atoms with E-state index < -0.39 is 81.4 Å². The quantitative estimate of drug-likeness (QED) is 0.114. The topological polar surface area (TPSA) is 319 Å². The average Bonchev–Trinajstić information content (AvgIpc) is 3.53. The van der Waals surface area contributed by atoms with Crippen LogP contribution in [0.1, 0.15) is 12.5 Å². The molecule has 2 aliphatic heterocycles. The minimum absolute atomic E-state index is 0.0721. The Morgan fingerprint density at radius 1 is 1.00 bits per heavy atom. The number of ether oxygens (including phenoxy) is 2. The zero-order chi connectivity index (χ0) is 28.9. The van der Waals surface area contributed by atoms with E-state index in [4.69, 9.17) is 30.0 Å². The van der Waals surface area contributed by atoms with Crippen LogP contribution in [0.25, 0.3) is 11.2 Å². The highest BCUT2D eigenvalue weighted by atomic mass is 31.2. The second-order valence-corrected chi connectivity index (χ2v) is 10.2. The first kappa shape index (κ1) is 28.2. The van der Waals surface area contributed by atoms with Crippen molar-refractivity contribution in [1.82, 2.24) is 34.1 Å². The predicted octanol–water partition coefficient (Wildman–Crippen LogP) is -4.69. The maximum absolute atomic E-state index is 12.7. The third kappa shape index (κ3) is 5.10. The van der Waals surface area contributed by atoms with Crippen molar-refractivity contribution in [2.24, 2.45) is 0 Å². The summed E-state index contributed by atoms with van der Waals surface area (Å²) in [5.74, 6) is -0.576. The van der Waals surface area contributed by atoms with Gasteiger partial charge in [0.2, 0.25) is 11.9 Å². The average molecular weight is 589 g/mol. The normalized spacial score (nSPS) is 32.0. The highest BCUT2D eigenvalue weighted by molar-refractivity contribution is 7.47. The monoisotopic (exact) mass is 589 g/mol. The summed E-state index contributed by atoms with van der Waals surface area (Å²) < 4.78 is 35.6. The molecule has 3 aromatic heterocycles. The molecule has 3 aromatic rings. The molecule has 2 saturated heterocycles. The lowest BCUT2D eigenvalue weighted by Gasteiger charge is -2.23. The van der Waals surface area contributed by atoms with Gasteiger partial charge in [0.15, 0.2) is 23.6 Å². The van der Waals surface area contributed by atoms with Crippen LogP contribution in [-0.2, 0) is 23.1 Å². The van der Waals surface area contributed by atoms with Gasteiger partial charge in [-0.15, -0.1) is 0 Å². The highest BCUT2D eigenvalue weighted by Gasteiger charge is 2.50. The fourth-order valence-corrected chi connectivity index (χ4v) is 5.30. The van der Waals surface area contributed by atoms with E-state index in [1.54, 1.807) is 0 Å². The van der Waals surface area contributed by atoms with Crippen molar-refractivity contribution >= 4 is 30.9 Å². The Kier molecular flexibility index (Phi) is 7.43. The maximum Gasteiger partial charge on any atom is 0.472 e. The molecular formula is C18H24N9O12P. The molecule has 5 rings (SSSR count). The Bertz CT molecular complexity index is 1560. The Balaban J connectivity index is 1.28. The largest absolute Gasteiger partial charge is 0.472 e. The van der Waals surface area contributed by atoms with Crippen molar-refractivity contribution < 1.29 is 48.4 Å². The minimum Gasteiger partial charge on any atom is -0.394 e. The lowest BCUT2D eigenvalue weighted by Crippen LogP contribution is -2.37. The molecule has 9 unspecified atom stereocenters. The third-order valence-electron chi connectivity index (χ3n) is 6.23. The number of rotatable bonds is 8. The zero-order valence-electron chi connectivity index (χ0n) is 20.1. The van der Waals surface area contributed by atoms with Gasteiger partial charge in [0.1, 0.15) is 43.0 Å². The SMILES string of the molecule is Nc1ncn(C2OC(COP(=O)(O)OC3C(CO)OC(n4cnc5c(=O)[nH]c(N)nc54)C3O)C(O)C2O)c(=O)n1. The van der Waals surface area contributed by atoms with Gasteiger partial charge in [0, 0.05) is 0 Å². The van der Waals surface area contributed by atoms with Crippen LogP contribution in [0.2, 0.25) is 0 Å². The van der Waals surface area contributed by atoms with Crippen molar-refractivity contribution in [2.75, 3.05) is 24.7 Å². The fourth-order valence-electron chi connectivity index (χ4n) is 4.33. The first-order chi connectivity index (χ1) is 18.9. The number of phosphoric ester groups is 1. The molecule has 2 fully saturated rings. The molecule has 0 aliphatic carbocycles. The molecule has 0 bridgehead atoms. The number of anilines is 2. The third-order valence-corrected chi connectivity index (χ3v) is 7.21. The number of fused-ring (bicyclic) bond motifs is 1. The van der Waals surface area contributed by atoms with Crippen LogP contribution >= 0.6 is 7.82 Å². The second kappa shape index (κ2) is 10.6. The van der Waals surface area contributed by atoms with Gasteiger partial charge in [-0.2, -0.15) is 9.97 Å². The van der Waals surface area contributed by atoms with Crippen molar-refractivity contribution in [2.45, 2.75) is 49.1 Å². The number of H-pyrrole nitrogens is 1. The van der Waals surface area contributed by atoms with Crippen LogP contribution in [0.5, 0.6) is 0 Å². The predicted molar refractivity (Wildman–Crippen MR) is 127 cm³/mol. The van der Waals surface area contributed by atoms with E-state index in [1.165, 1.54) is 0 Å². The Hall–Kier alpha value is -3.37. The molecule has 218 valence electrons. The van der Waals surface area contributed by atoms with Gasteiger partial charge < -0.3 is 46.3 Å². The summed E-state index contributed by atoms with van der Waals surface area (Å²) in [5, 5.41) is 41.2. The van der Waals surface area contributed by atoms with Crippen molar-refractivity contribution in [1.29, 1.82) is 0 Å². The highest BCUT2D eigenvalue weighted by Crippen LogP contribution is 2.49. The van der Waals surface area contributed by atoms with Crippen LogP contribution in [-0.4, -0.2) is 109 Å². The first-order valence-electron chi connectivity index (χ1n) is 11.4. The zero-order valence-corrected chi connectivity index (χ0v) is 21.0. The lowest BCUT2D eigenvalue weighted by atomic mass is 10.1. The van der Waals surface area contributed by atoms with Crippen molar-refractivity contribution in [3.8, 4) is 0 Å². The Morgan fingerprint density at radius 2 is 1.68 bits per heavy atom. The molecule has 2 aliphatic rings. The van der Waals surface area contributed by atoms with Gasteiger partial charge in [0.25, 0.3) is 5.56 Å². The molecule has 9 atom stereocenters. The van der Waals surface area contributed by atoms with E-state index in [9.17, 15) is 39.5 Å². The molecule has 5 heterocycles. The molecule has 0 aromatic carbocycles. The number of phosphoric acid groups is 1. The van der Waals surface area contributed by atoms with E-state index in [-0.39, 0.29) is 23.1 Å². The molecule has 0 saturated carbocycles. The Labute approximate surface area is 221 Å². The van der Waals surface area contributed by atoms with Crippen LogP contribution in [0, 0.1) is 0 Å². The number of hydrogen-bond acceptors (Lipinski definition) is 17. The summed E-state index contributed by atoms with van der Waals surface area (Å²) in [6.07, 6.45) is -10.3. The number of aromatic nitrogens is 7. The smallest absolute Gasteiger partial charge is 0.394 e. The van der Waals surface area contributed by atoms with Gasteiger partial charge in [-0.3, -0.25) is 28.0 Å². The number of nitrogen functional groups attached to an aromatic ring is 2. The van der Waals surface area contributed by atoms with E-state index in [1.807, 2.05) is 0 Å². The van der Waals surface area contributed by atoms with Crippen molar-refractivity contribution in [3.63, 3.8) is 0 Å². The molecule has 10 N–H and O–H groups in total. The summed E-state index contributed by atoms with van der Waals surface area (Å²) in [7, 11) is -5.05. The molecule has 0 radical (unpaired) electrons.